The van der Waals surface area contributed by atoms with Crippen LogP contribution in [-0.4, -0.2) is 37.7 Å². The number of rotatable bonds is 0. The predicted octanol–water partition coefficient (Wildman–Crippen LogP) is 0.229. The Kier molecular flexibility index (Phi) is 2540. The molecule has 5 heteroatoms. The molecule has 0 aliphatic heterocycles. The molecule has 2 radical (unpaired) electrons. The van der Waals surface area contributed by atoms with Crippen molar-refractivity contribution in [2.75, 3.05) is 0 Å². The molecule has 5 heavy (non-hydrogen) atoms. The van der Waals surface area contributed by atoms with E-state index in [4.69, 9.17) is 0 Å². The van der Waals surface area contributed by atoms with Gasteiger partial charge in [-0.05, 0) is 0 Å². The van der Waals surface area contributed by atoms with E-state index in [-0.39, 0.29) is 56.6 Å². The molecular weight excluding hydrogens is 116 g/mol. The van der Waals surface area contributed by atoms with Gasteiger partial charge in [0, 0.05) is 37.7 Å². The Morgan fingerprint density at radius 2 is 0.400 bits per heavy atom. The fourth-order valence-corrected chi connectivity index (χ4v) is 0. The monoisotopic (exact) mass is 120 g/mol. The van der Waals surface area contributed by atoms with Gasteiger partial charge in [-0.15, -0.1) is 0 Å². The third-order valence-electron chi connectivity index (χ3n) is 0. The van der Waals surface area contributed by atoms with E-state index in [1.807, 2.05) is 0 Å². The average Bonchev–Trinajstić information content (AvgIpc) is 0. The standard InChI is InChI=1S/Ca.4FH/h;4*1H. The van der Waals surface area contributed by atoms with Crippen LogP contribution in [0.25, 0.3) is 0 Å². The van der Waals surface area contributed by atoms with Gasteiger partial charge in [-0.1, -0.05) is 0 Å². The van der Waals surface area contributed by atoms with Crippen molar-refractivity contribution in [1.29, 1.82) is 0 Å². The summed E-state index contributed by atoms with van der Waals surface area (Å²) in [6.45, 7) is 0. The van der Waals surface area contributed by atoms with E-state index >= 15 is 0 Å². The summed E-state index contributed by atoms with van der Waals surface area (Å²) < 4.78 is 0. The zero-order valence-corrected chi connectivity index (χ0v) is 4.55. The summed E-state index contributed by atoms with van der Waals surface area (Å²) >= 11 is 0. The Bertz CT molecular complexity index is 3.61. The Hall–Kier alpha value is 0.980. The van der Waals surface area contributed by atoms with Gasteiger partial charge in [0.05, 0.1) is 0 Å². The SMILES string of the molecule is F.F.F.F.[Ca]. The summed E-state index contributed by atoms with van der Waals surface area (Å²) in [4.78, 5) is 0. The molecule has 0 saturated heterocycles. The zero-order chi connectivity index (χ0) is 0. The smallest absolute Gasteiger partial charge is 0 e. The molecule has 0 bridgehead atoms. The molecule has 0 spiro atoms. The molecule has 0 unspecified atom stereocenters. The summed E-state index contributed by atoms with van der Waals surface area (Å²) in [7, 11) is 0. The first-order valence-corrected chi connectivity index (χ1v) is 0. The van der Waals surface area contributed by atoms with Crippen LogP contribution in [0.3, 0.4) is 0 Å². The molecule has 0 rings (SSSR count). The molecule has 0 aliphatic rings. The minimum Gasteiger partial charge on any atom is -0.269 e. The molecular formula is H4CaF4. The van der Waals surface area contributed by atoms with Gasteiger partial charge < -0.3 is 0 Å². The van der Waals surface area contributed by atoms with Crippen molar-refractivity contribution in [2.24, 2.45) is 0 Å². The first-order chi connectivity index (χ1) is 0. The number of hydrogen-bond acceptors (Lipinski definition) is 0. The molecule has 0 aromatic rings. The topological polar surface area (TPSA) is 0 Å². The Morgan fingerprint density at radius 3 is 0.400 bits per heavy atom. The molecule has 0 heterocycles. The maximum Gasteiger partial charge on any atom is 0 e. The van der Waals surface area contributed by atoms with E-state index in [1.165, 1.54) is 0 Å². The average molecular weight is 120 g/mol. The quantitative estimate of drug-likeness (QED) is 0.317. The summed E-state index contributed by atoms with van der Waals surface area (Å²) in [5, 5.41) is 0. The fourth-order valence-electron chi connectivity index (χ4n) is 0. The van der Waals surface area contributed by atoms with Crippen LogP contribution in [0.5, 0.6) is 0 Å². The van der Waals surface area contributed by atoms with Crippen LogP contribution in [0.4, 0.5) is 18.8 Å². The Morgan fingerprint density at radius 1 is 0.400 bits per heavy atom. The minimum atomic E-state index is 0. The summed E-state index contributed by atoms with van der Waals surface area (Å²) in [6, 6.07) is 0. The zero-order valence-electron chi connectivity index (χ0n) is 2.34. The molecule has 0 fully saturated rings. The van der Waals surface area contributed by atoms with Crippen molar-refractivity contribution in [3.05, 3.63) is 0 Å². The second kappa shape index (κ2) is 82.2. The summed E-state index contributed by atoms with van der Waals surface area (Å²) in [6.07, 6.45) is 0. The summed E-state index contributed by atoms with van der Waals surface area (Å²) in [5.74, 6) is 0. The van der Waals surface area contributed by atoms with E-state index in [9.17, 15) is 0 Å². The van der Waals surface area contributed by atoms with Crippen LogP contribution >= 0.6 is 0 Å². The van der Waals surface area contributed by atoms with Crippen LogP contribution in [0.15, 0.2) is 0 Å². The predicted molar refractivity (Wildman–Crippen MR) is 15.8 cm³/mol. The first kappa shape index (κ1) is 154. The van der Waals surface area contributed by atoms with Crippen molar-refractivity contribution < 1.29 is 18.8 Å². The molecule has 0 amide bonds. The second-order valence-corrected chi connectivity index (χ2v) is 0. The number of hydrogen-bond donors (Lipinski definition) is 0. The van der Waals surface area contributed by atoms with Crippen LogP contribution in [0, 0.1) is 0 Å². The normalized spacial score (nSPS) is 0. The Balaban J connectivity index is 0. The molecule has 0 saturated carbocycles. The molecule has 0 nitrogen and oxygen atoms in total. The van der Waals surface area contributed by atoms with E-state index in [0.29, 0.717) is 0 Å². The van der Waals surface area contributed by atoms with Gasteiger partial charge in [-0.2, -0.15) is 0 Å². The molecule has 34 valence electrons. The molecule has 0 atom stereocenters. The maximum absolute atomic E-state index is 0. The molecule has 0 N–H and O–H groups in total. The largest absolute Gasteiger partial charge is 0.269 e. The third kappa shape index (κ3) is 46.1. The summed E-state index contributed by atoms with van der Waals surface area (Å²) in [5.41, 5.74) is 0. The Labute approximate surface area is 56.4 Å². The van der Waals surface area contributed by atoms with E-state index < -0.39 is 0 Å². The van der Waals surface area contributed by atoms with Crippen molar-refractivity contribution in [3.63, 3.8) is 0 Å². The van der Waals surface area contributed by atoms with Gasteiger partial charge >= 0.3 is 0 Å². The van der Waals surface area contributed by atoms with Crippen LogP contribution in [0.1, 0.15) is 0 Å². The molecule has 0 aliphatic carbocycles. The molecule has 0 aromatic carbocycles. The second-order valence-electron chi connectivity index (χ2n) is 0. The van der Waals surface area contributed by atoms with E-state index in [1.54, 1.807) is 0 Å². The van der Waals surface area contributed by atoms with Gasteiger partial charge in [0.25, 0.3) is 0 Å². The van der Waals surface area contributed by atoms with Gasteiger partial charge in [-0.25, -0.2) is 0 Å². The fraction of sp³-hybridized carbons (Fsp3) is 0. The van der Waals surface area contributed by atoms with Crippen LogP contribution < -0.4 is 0 Å². The van der Waals surface area contributed by atoms with E-state index in [0.717, 1.165) is 0 Å². The van der Waals surface area contributed by atoms with Crippen molar-refractivity contribution in [2.45, 2.75) is 0 Å². The van der Waals surface area contributed by atoms with Crippen LogP contribution in [0.2, 0.25) is 0 Å². The van der Waals surface area contributed by atoms with Gasteiger partial charge in [-0.3, -0.25) is 18.8 Å². The van der Waals surface area contributed by atoms with Crippen molar-refractivity contribution >= 4 is 37.7 Å². The maximum atomic E-state index is 0. The van der Waals surface area contributed by atoms with E-state index in [2.05, 4.69) is 0 Å². The third-order valence-corrected chi connectivity index (χ3v) is 0. The van der Waals surface area contributed by atoms with Gasteiger partial charge in [0.15, 0.2) is 0 Å². The van der Waals surface area contributed by atoms with Crippen LogP contribution in [-0.2, 0) is 0 Å². The van der Waals surface area contributed by atoms with Crippen molar-refractivity contribution in [1.82, 2.24) is 0 Å². The minimum absolute atomic E-state index is 0. The van der Waals surface area contributed by atoms with Gasteiger partial charge in [0.1, 0.15) is 0 Å². The molecule has 0 aromatic heterocycles. The first-order valence-electron chi connectivity index (χ1n) is 0. The van der Waals surface area contributed by atoms with Crippen molar-refractivity contribution in [3.8, 4) is 0 Å². The number of halogens is 4. The van der Waals surface area contributed by atoms with Gasteiger partial charge in [0.2, 0.25) is 0 Å².